The van der Waals surface area contributed by atoms with Gasteiger partial charge in [-0.3, -0.25) is 10.3 Å². The molecule has 1 aromatic heterocycles. The lowest BCUT2D eigenvalue weighted by molar-refractivity contribution is 0.248. The summed E-state index contributed by atoms with van der Waals surface area (Å²) in [6, 6.07) is 0.642. The van der Waals surface area contributed by atoms with Crippen LogP contribution in [0.15, 0.2) is 6.33 Å². The lowest BCUT2D eigenvalue weighted by atomic mass is 10.2. The van der Waals surface area contributed by atoms with E-state index in [1.165, 1.54) is 12.8 Å². The van der Waals surface area contributed by atoms with Crippen LogP contribution in [0.1, 0.15) is 38.9 Å². The fraction of sp³-hybridized carbons (Fsp3) is 0.769. The summed E-state index contributed by atoms with van der Waals surface area (Å²) in [5.41, 5.74) is 5.45. The Morgan fingerprint density at radius 2 is 2.32 bits per heavy atom. The molecular weight excluding hydrogens is 240 g/mol. The molecule has 0 spiro atoms. The maximum absolute atomic E-state index is 7.35. The van der Waals surface area contributed by atoms with Gasteiger partial charge in [0.05, 0.1) is 12.4 Å². The second-order valence-corrected chi connectivity index (χ2v) is 5.73. The van der Waals surface area contributed by atoms with Crippen molar-refractivity contribution in [1.29, 1.82) is 5.41 Å². The average Bonchev–Trinajstić information content (AvgIpc) is 3.08. The summed E-state index contributed by atoms with van der Waals surface area (Å²) in [5, 5.41) is 11.6. The molecule has 0 unspecified atom stereocenters. The second kappa shape index (κ2) is 6.14. The molecular formula is C13H24N6. The van der Waals surface area contributed by atoms with E-state index in [-0.39, 0.29) is 5.84 Å². The van der Waals surface area contributed by atoms with E-state index in [0.29, 0.717) is 18.4 Å². The third-order valence-electron chi connectivity index (χ3n) is 3.31. The molecule has 0 bridgehead atoms. The third kappa shape index (κ3) is 4.31. The molecule has 1 aromatic rings. The van der Waals surface area contributed by atoms with E-state index >= 15 is 0 Å². The highest BCUT2D eigenvalue weighted by atomic mass is 15.4. The first kappa shape index (κ1) is 14.0. The zero-order valence-corrected chi connectivity index (χ0v) is 11.8. The van der Waals surface area contributed by atoms with Crippen LogP contribution in [0, 0.1) is 11.3 Å². The van der Waals surface area contributed by atoms with E-state index in [1.54, 1.807) is 6.33 Å². The van der Waals surface area contributed by atoms with Gasteiger partial charge in [0, 0.05) is 25.6 Å². The quantitative estimate of drug-likeness (QED) is 0.546. The van der Waals surface area contributed by atoms with E-state index in [2.05, 4.69) is 28.8 Å². The van der Waals surface area contributed by atoms with Crippen molar-refractivity contribution in [3.8, 4) is 0 Å². The van der Waals surface area contributed by atoms with Crippen molar-refractivity contribution in [3.63, 3.8) is 0 Å². The molecule has 1 fully saturated rings. The van der Waals surface area contributed by atoms with Gasteiger partial charge in [-0.25, -0.2) is 9.67 Å². The Hall–Kier alpha value is -1.43. The highest BCUT2D eigenvalue weighted by molar-refractivity contribution is 5.76. The third-order valence-corrected chi connectivity index (χ3v) is 3.31. The summed E-state index contributed by atoms with van der Waals surface area (Å²) in [4.78, 5) is 6.75. The molecule has 0 radical (unpaired) electrons. The normalized spacial score (nSPS) is 15.4. The average molecular weight is 264 g/mol. The minimum Gasteiger partial charge on any atom is -0.388 e. The van der Waals surface area contributed by atoms with Crippen molar-refractivity contribution in [1.82, 2.24) is 19.7 Å². The monoisotopic (exact) mass is 264 g/mol. The molecule has 2 rings (SSSR count). The van der Waals surface area contributed by atoms with Crippen molar-refractivity contribution in [2.75, 3.05) is 6.54 Å². The van der Waals surface area contributed by atoms with Crippen LogP contribution in [-0.2, 0) is 13.1 Å². The Morgan fingerprint density at radius 1 is 1.58 bits per heavy atom. The molecule has 1 heterocycles. The number of rotatable bonds is 8. The van der Waals surface area contributed by atoms with Crippen molar-refractivity contribution in [2.24, 2.45) is 11.7 Å². The summed E-state index contributed by atoms with van der Waals surface area (Å²) in [5.74, 6) is 1.84. The first-order chi connectivity index (χ1) is 9.06. The van der Waals surface area contributed by atoms with Gasteiger partial charge in [0.15, 0.2) is 0 Å². The van der Waals surface area contributed by atoms with Gasteiger partial charge in [-0.2, -0.15) is 5.10 Å². The highest BCUT2D eigenvalue weighted by Gasteiger charge is 2.29. The van der Waals surface area contributed by atoms with Gasteiger partial charge in [0.2, 0.25) is 0 Å². The fourth-order valence-electron chi connectivity index (χ4n) is 2.19. The Bertz CT molecular complexity index is 421. The Labute approximate surface area is 114 Å². The van der Waals surface area contributed by atoms with Crippen LogP contribution in [0.2, 0.25) is 0 Å². The van der Waals surface area contributed by atoms with Crippen LogP contribution in [0.4, 0.5) is 0 Å². The molecule has 0 amide bonds. The van der Waals surface area contributed by atoms with Crippen LogP contribution < -0.4 is 5.73 Å². The van der Waals surface area contributed by atoms with Crippen LogP contribution in [0.3, 0.4) is 0 Å². The minimum atomic E-state index is 0.259. The smallest absolute Gasteiger partial charge is 0.141 e. The van der Waals surface area contributed by atoms with Gasteiger partial charge in [-0.1, -0.05) is 13.8 Å². The molecule has 1 aliphatic carbocycles. The van der Waals surface area contributed by atoms with Crippen LogP contribution in [-0.4, -0.2) is 38.1 Å². The van der Waals surface area contributed by atoms with Gasteiger partial charge < -0.3 is 5.73 Å². The lowest BCUT2D eigenvalue weighted by Crippen LogP contribution is -2.31. The van der Waals surface area contributed by atoms with Crippen molar-refractivity contribution >= 4 is 5.84 Å². The highest BCUT2D eigenvalue weighted by Crippen LogP contribution is 2.28. The Morgan fingerprint density at radius 3 is 2.89 bits per heavy atom. The number of nitrogens with one attached hydrogen (secondary N) is 1. The molecule has 1 aliphatic rings. The predicted molar refractivity (Wildman–Crippen MR) is 74.8 cm³/mol. The van der Waals surface area contributed by atoms with Crippen molar-refractivity contribution in [2.45, 2.75) is 52.2 Å². The van der Waals surface area contributed by atoms with Crippen LogP contribution in [0.25, 0.3) is 0 Å². The van der Waals surface area contributed by atoms with Gasteiger partial charge in [-0.05, 0) is 18.8 Å². The van der Waals surface area contributed by atoms with Crippen LogP contribution >= 0.6 is 0 Å². The molecule has 0 aromatic carbocycles. The molecule has 6 nitrogen and oxygen atoms in total. The first-order valence-electron chi connectivity index (χ1n) is 7.00. The number of hydrogen-bond donors (Lipinski definition) is 2. The second-order valence-electron chi connectivity index (χ2n) is 5.73. The van der Waals surface area contributed by atoms with E-state index in [1.807, 2.05) is 4.68 Å². The summed E-state index contributed by atoms with van der Waals surface area (Å²) in [6.07, 6.45) is 4.76. The molecule has 0 saturated heterocycles. The summed E-state index contributed by atoms with van der Waals surface area (Å²) < 4.78 is 1.99. The fourth-order valence-corrected chi connectivity index (χ4v) is 2.19. The topological polar surface area (TPSA) is 83.8 Å². The maximum atomic E-state index is 7.35. The zero-order chi connectivity index (χ0) is 13.8. The van der Waals surface area contributed by atoms with Gasteiger partial charge in [0.1, 0.15) is 12.2 Å². The standard InChI is InChI=1S/C13H24N6/c1-10(2)7-19-13(16-9-17-19)8-18(11-3-4-11)6-5-12(14)15/h9-11H,3-8H2,1-2H3,(H3,14,15). The van der Waals surface area contributed by atoms with Gasteiger partial charge in [0.25, 0.3) is 0 Å². The van der Waals surface area contributed by atoms with Crippen LogP contribution in [0.5, 0.6) is 0 Å². The predicted octanol–water partition coefficient (Wildman–Crippen LogP) is 1.22. The number of nitrogens with two attached hydrogens (primary N) is 1. The summed E-state index contributed by atoms with van der Waals surface area (Å²) >= 11 is 0. The molecule has 0 aliphatic heterocycles. The summed E-state index contributed by atoms with van der Waals surface area (Å²) in [6.45, 7) is 6.92. The molecule has 0 atom stereocenters. The minimum absolute atomic E-state index is 0.259. The molecule has 106 valence electrons. The molecule has 1 saturated carbocycles. The van der Waals surface area contributed by atoms with Crippen molar-refractivity contribution < 1.29 is 0 Å². The van der Waals surface area contributed by atoms with E-state index in [4.69, 9.17) is 11.1 Å². The first-order valence-corrected chi connectivity index (χ1v) is 7.00. The Balaban J connectivity index is 1.96. The maximum Gasteiger partial charge on any atom is 0.141 e. The van der Waals surface area contributed by atoms with E-state index in [0.717, 1.165) is 25.5 Å². The van der Waals surface area contributed by atoms with Gasteiger partial charge >= 0.3 is 0 Å². The number of amidine groups is 1. The van der Waals surface area contributed by atoms with Gasteiger partial charge in [-0.15, -0.1) is 0 Å². The largest absolute Gasteiger partial charge is 0.388 e. The molecule has 6 heteroatoms. The lowest BCUT2D eigenvalue weighted by Gasteiger charge is -2.21. The number of nitrogens with zero attached hydrogens (tertiary/aromatic N) is 4. The zero-order valence-electron chi connectivity index (χ0n) is 11.8. The molecule has 3 N–H and O–H groups in total. The Kier molecular flexibility index (Phi) is 4.52. The number of hydrogen-bond acceptors (Lipinski definition) is 4. The number of aromatic nitrogens is 3. The van der Waals surface area contributed by atoms with E-state index < -0.39 is 0 Å². The molecule has 19 heavy (non-hydrogen) atoms. The van der Waals surface area contributed by atoms with Crippen molar-refractivity contribution in [3.05, 3.63) is 12.2 Å². The summed E-state index contributed by atoms with van der Waals surface area (Å²) in [7, 11) is 0. The SMILES string of the molecule is CC(C)Cn1ncnc1CN(CCC(=N)N)C1CC1. The van der Waals surface area contributed by atoms with E-state index in [9.17, 15) is 0 Å².